The Bertz CT molecular complexity index is 1480. The Hall–Kier alpha value is -3.55. The fourth-order valence-corrected chi connectivity index (χ4v) is 5.28. The number of anilines is 3. The molecule has 2 N–H and O–H groups in total. The third-order valence-electron chi connectivity index (χ3n) is 5.24. The van der Waals surface area contributed by atoms with Gasteiger partial charge in [-0.25, -0.2) is 27.9 Å². The van der Waals surface area contributed by atoms with Crippen molar-refractivity contribution in [1.29, 1.82) is 0 Å². The molecule has 0 spiro atoms. The van der Waals surface area contributed by atoms with Crippen LogP contribution in [0, 0.1) is 20.8 Å². The first-order valence-electron chi connectivity index (χ1n) is 10.4. The van der Waals surface area contributed by atoms with E-state index in [0.717, 1.165) is 0 Å². The first-order valence-corrected chi connectivity index (χ1v) is 12.7. The lowest BCUT2D eigenvalue weighted by atomic mass is 10.2. The van der Waals surface area contributed by atoms with Gasteiger partial charge in [0.25, 0.3) is 10.0 Å². The van der Waals surface area contributed by atoms with Crippen molar-refractivity contribution in [3.8, 4) is 0 Å². The maximum Gasteiger partial charge on any atom is 0.348 e. The number of rotatable bonds is 9. The quantitative estimate of drug-likeness (QED) is 0.247. The van der Waals surface area contributed by atoms with Gasteiger partial charge in [0, 0.05) is 18.4 Å². The van der Waals surface area contributed by atoms with Gasteiger partial charge in [0.1, 0.15) is 28.5 Å². The molecule has 0 amide bonds. The first kappa shape index (κ1) is 24.6. The molecule has 0 saturated heterocycles. The number of hydrogen-bond acceptors (Lipinski definition) is 11. The number of benzene rings is 1. The average molecular weight is 518 g/mol. The first-order chi connectivity index (χ1) is 16.7. The summed E-state index contributed by atoms with van der Waals surface area (Å²) in [5.41, 5.74) is 2.52. The van der Waals surface area contributed by atoms with Crippen LogP contribution in [0.3, 0.4) is 0 Å². The van der Waals surface area contributed by atoms with Crippen molar-refractivity contribution in [3.63, 3.8) is 0 Å². The second-order valence-electron chi connectivity index (χ2n) is 7.56. The molecule has 0 radical (unpaired) electrons. The number of sulfonamides is 1. The van der Waals surface area contributed by atoms with Crippen molar-refractivity contribution >= 4 is 54.9 Å². The van der Waals surface area contributed by atoms with Crippen molar-refractivity contribution in [2.45, 2.75) is 25.7 Å². The summed E-state index contributed by atoms with van der Waals surface area (Å²) in [4.78, 5) is 22.2. The molecule has 0 aliphatic heterocycles. The minimum absolute atomic E-state index is 0.0529. The zero-order valence-corrected chi connectivity index (χ0v) is 21.0. The number of fused-ring (bicyclic) bond motifs is 1. The van der Waals surface area contributed by atoms with Crippen LogP contribution in [0.15, 0.2) is 40.0 Å². The molecule has 0 atom stereocenters. The molecule has 0 aliphatic carbocycles. The van der Waals surface area contributed by atoms with Gasteiger partial charge in [-0.1, -0.05) is 5.16 Å². The summed E-state index contributed by atoms with van der Waals surface area (Å²) >= 11 is 1.22. The Morgan fingerprint density at radius 2 is 1.83 bits per heavy atom. The maximum atomic E-state index is 12.7. The van der Waals surface area contributed by atoms with Crippen LogP contribution in [0.2, 0.25) is 0 Å². The molecule has 0 unspecified atom stereocenters. The van der Waals surface area contributed by atoms with E-state index < -0.39 is 16.0 Å². The van der Waals surface area contributed by atoms with Gasteiger partial charge in [0.15, 0.2) is 0 Å². The normalized spacial score (nSPS) is 11.5. The van der Waals surface area contributed by atoms with Gasteiger partial charge in [0.2, 0.25) is 5.88 Å². The van der Waals surface area contributed by atoms with Crippen molar-refractivity contribution in [3.05, 3.63) is 52.3 Å². The van der Waals surface area contributed by atoms with Gasteiger partial charge in [-0.15, -0.1) is 11.3 Å². The van der Waals surface area contributed by atoms with Crippen molar-refractivity contribution < 1.29 is 27.2 Å². The van der Waals surface area contributed by atoms with Crippen LogP contribution in [0.1, 0.15) is 26.5 Å². The van der Waals surface area contributed by atoms with Crippen molar-refractivity contribution in [2.24, 2.45) is 0 Å². The molecule has 184 valence electrons. The van der Waals surface area contributed by atoms with E-state index in [1.165, 1.54) is 36.9 Å². The number of carbonyl (C=O) groups is 1. The average Bonchev–Trinajstić information content (AvgIpc) is 3.34. The van der Waals surface area contributed by atoms with Crippen LogP contribution in [0.25, 0.3) is 10.2 Å². The third-order valence-corrected chi connectivity index (χ3v) is 7.77. The van der Waals surface area contributed by atoms with Gasteiger partial charge >= 0.3 is 5.97 Å². The third kappa shape index (κ3) is 5.11. The minimum Gasteiger partial charge on any atom is -0.459 e. The van der Waals surface area contributed by atoms with E-state index in [1.54, 1.807) is 32.9 Å². The molecule has 35 heavy (non-hydrogen) atoms. The molecule has 11 nitrogen and oxygen atoms in total. The Morgan fingerprint density at radius 1 is 1.09 bits per heavy atom. The van der Waals surface area contributed by atoms with E-state index in [1.807, 2.05) is 0 Å². The van der Waals surface area contributed by atoms with Gasteiger partial charge < -0.3 is 19.3 Å². The Morgan fingerprint density at radius 3 is 2.49 bits per heavy atom. The molecular weight excluding hydrogens is 494 g/mol. The number of nitrogens with zero attached hydrogens (tertiary/aromatic N) is 3. The second kappa shape index (κ2) is 9.98. The lowest BCUT2D eigenvalue weighted by molar-refractivity contribution is 0.0393. The highest BCUT2D eigenvalue weighted by atomic mass is 32.2. The summed E-state index contributed by atoms with van der Waals surface area (Å²) in [6, 6.07) is 6.15. The zero-order chi connectivity index (χ0) is 25.2. The van der Waals surface area contributed by atoms with Crippen LogP contribution >= 0.6 is 11.3 Å². The SMILES string of the molecule is COCCOC(=O)c1sc2ncnc(Nc3ccc(S(=O)(=O)Nc4onc(C)c4C)cc3)c2c1C. The van der Waals surface area contributed by atoms with Crippen LogP contribution < -0.4 is 10.0 Å². The van der Waals surface area contributed by atoms with E-state index >= 15 is 0 Å². The molecular formula is C22H23N5O6S2. The van der Waals surface area contributed by atoms with E-state index in [9.17, 15) is 13.2 Å². The number of aromatic nitrogens is 3. The molecule has 3 aromatic heterocycles. The number of aryl methyl sites for hydroxylation is 2. The van der Waals surface area contributed by atoms with E-state index in [0.29, 0.717) is 50.0 Å². The monoisotopic (exact) mass is 517 g/mol. The Kier molecular flexibility index (Phi) is 7.00. The highest BCUT2D eigenvalue weighted by Gasteiger charge is 2.22. The lowest BCUT2D eigenvalue weighted by Gasteiger charge is -2.09. The van der Waals surface area contributed by atoms with Crippen molar-refractivity contribution in [2.75, 3.05) is 30.4 Å². The van der Waals surface area contributed by atoms with Crippen LogP contribution in [-0.2, 0) is 19.5 Å². The van der Waals surface area contributed by atoms with Gasteiger partial charge in [-0.2, -0.15) is 0 Å². The molecule has 3 heterocycles. The zero-order valence-electron chi connectivity index (χ0n) is 19.4. The molecule has 0 fully saturated rings. The van der Waals surface area contributed by atoms with Crippen LogP contribution in [0.5, 0.6) is 0 Å². The fraction of sp³-hybridized carbons (Fsp3) is 0.273. The summed E-state index contributed by atoms with van der Waals surface area (Å²) in [5.74, 6) is 0.117. The summed E-state index contributed by atoms with van der Waals surface area (Å²) in [6.07, 6.45) is 1.39. The van der Waals surface area contributed by atoms with Crippen LogP contribution in [-0.4, -0.2) is 49.8 Å². The number of methoxy groups -OCH3 is 1. The highest BCUT2D eigenvalue weighted by Crippen LogP contribution is 2.35. The molecule has 0 saturated carbocycles. The molecule has 1 aromatic carbocycles. The minimum atomic E-state index is -3.87. The Balaban J connectivity index is 1.55. The van der Waals surface area contributed by atoms with Gasteiger partial charge in [0.05, 0.1) is 22.6 Å². The Labute approximate surface area is 205 Å². The number of carbonyl (C=O) groups excluding carboxylic acids is 1. The maximum absolute atomic E-state index is 12.7. The predicted octanol–water partition coefficient (Wildman–Crippen LogP) is 3.95. The summed E-state index contributed by atoms with van der Waals surface area (Å²) < 4.78 is 43.1. The molecule has 0 bridgehead atoms. The molecule has 4 rings (SSSR count). The van der Waals surface area contributed by atoms with Crippen LogP contribution in [0.4, 0.5) is 17.4 Å². The van der Waals surface area contributed by atoms with E-state index in [4.69, 9.17) is 14.0 Å². The molecule has 4 aromatic rings. The number of ether oxygens (including phenoxy) is 2. The summed E-state index contributed by atoms with van der Waals surface area (Å²) in [7, 11) is -2.33. The second-order valence-corrected chi connectivity index (χ2v) is 10.2. The van der Waals surface area contributed by atoms with Gasteiger partial charge in [-0.3, -0.25) is 0 Å². The lowest BCUT2D eigenvalue weighted by Crippen LogP contribution is -2.13. The highest BCUT2D eigenvalue weighted by molar-refractivity contribution is 7.92. The molecule has 13 heteroatoms. The fourth-order valence-electron chi connectivity index (χ4n) is 3.19. The largest absolute Gasteiger partial charge is 0.459 e. The standard InChI is InChI=1S/C22H23N5O6S2/c1-12-14(3)26-33-20(12)27-35(29,30)16-7-5-15(6-8-16)25-19-17-13(2)18(22(28)32-10-9-31-4)34-21(17)24-11-23-19/h5-8,11,27H,9-10H2,1-4H3,(H,23,24,25). The predicted molar refractivity (Wildman–Crippen MR) is 131 cm³/mol. The topological polar surface area (TPSA) is 146 Å². The summed E-state index contributed by atoms with van der Waals surface area (Å²) in [5, 5.41) is 7.62. The number of hydrogen-bond donors (Lipinski definition) is 2. The number of thiophene rings is 1. The van der Waals surface area contributed by atoms with Gasteiger partial charge in [-0.05, 0) is 50.6 Å². The number of esters is 1. The molecule has 0 aliphatic rings. The number of nitrogens with one attached hydrogen (secondary N) is 2. The van der Waals surface area contributed by atoms with E-state index in [2.05, 4.69) is 25.2 Å². The van der Waals surface area contributed by atoms with Crippen molar-refractivity contribution in [1.82, 2.24) is 15.1 Å². The smallest absolute Gasteiger partial charge is 0.348 e. The van der Waals surface area contributed by atoms with E-state index in [-0.39, 0.29) is 17.4 Å². The summed E-state index contributed by atoms with van der Waals surface area (Å²) in [6.45, 7) is 5.70.